The number of ether oxygens (including phenoxy) is 1. The summed E-state index contributed by atoms with van der Waals surface area (Å²) in [5.41, 5.74) is 2.80. The number of hydrogen-bond donors (Lipinski definition) is 1. The van der Waals surface area contributed by atoms with Crippen molar-refractivity contribution in [3.05, 3.63) is 29.3 Å². The number of aliphatic hydroxyl groups excluding tert-OH is 1. The van der Waals surface area contributed by atoms with Crippen molar-refractivity contribution in [3.8, 4) is 0 Å². The average Bonchev–Trinajstić information content (AvgIpc) is 2.38. The van der Waals surface area contributed by atoms with E-state index in [1.807, 2.05) is 19.1 Å². The molecule has 0 aliphatic carbocycles. The van der Waals surface area contributed by atoms with Crippen LogP contribution in [-0.4, -0.2) is 43.8 Å². The van der Waals surface area contributed by atoms with Crippen LogP contribution < -0.4 is 4.90 Å². The molecular formula is C13H17NO3. The highest BCUT2D eigenvalue weighted by Gasteiger charge is 2.23. The molecule has 1 aromatic rings. The van der Waals surface area contributed by atoms with Crippen LogP contribution in [0.2, 0.25) is 0 Å². The molecule has 92 valence electrons. The second kappa shape index (κ2) is 5.29. The summed E-state index contributed by atoms with van der Waals surface area (Å²) in [4.78, 5) is 12.8. The molecule has 0 bridgehead atoms. The Morgan fingerprint density at radius 3 is 3.06 bits per heavy atom. The third-order valence-electron chi connectivity index (χ3n) is 3.10. The molecule has 1 fully saturated rings. The fourth-order valence-corrected chi connectivity index (χ4v) is 2.20. The predicted octanol–water partition coefficient (Wildman–Crippen LogP) is 1.01. The Bertz CT molecular complexity index is 406. The van der Waals surface area contributed by atoms with Gasteiger partial charge in [-0.3, -0.25) is 4.79 Å². The van der Waals surface area contributed by atoms with Gasteiger partial charge >= 0.3 is 0 Å². The van der Waals surface area contributed by atoms with Gasteiger partial charge in [-0.25, -0.2) is 0 Å². The van der Waals surface area contributed by atoms with Crippen LogP contribution in [0.5, 0.6) is 0 Å². The van der Waals surface area contributed by atoms with Crippen LogP contribution >= 0.6 is 0 Å². The average molecular weight is 235 g/mol. The second-order valence-corrected chi connectivity index (χ2v) is 4.27. The minimum atomic E-state index is 0.00420. The molecule has 0 saturated carbocycles. The van der Waals surface area contributed by atoms with E-state index < -0.39 is 0 Å². The Hall–Kier alpha value is -1.39. The summed E-state index contributed by atoms with van der Waals surface area (Å²) in [6.07, 6.45) is 0.847. The lowest BCUT2D eigenvalue weighted by molar-refractivity contribution is 0.0726. The third kappa shape index (κ3) is 2.48. The van der Waals surface area contributed by atoms with E-state index in [1.54, 1.807) is 6.07 Å². The minimum Gasteiger partial charge on any atom is -0.394 e. The van der Waals surface area contributed by atoms with Crippen LogP contribution in [0.4, 0.5) is 5.69 Å². The normalized spacial score (nSPS) is 20.4. The summed E-state index contributed by atoms with van der Waals surface area (Å²) in [6.45, 7) is 4.05. The monoisotopic (exact) mass is 235 g/mol. The fourth-order valence-electron chi connectivity index (χ4n) is 2.20. The Kier molecular flexibility index (Phi) is 3.76. The van der Waals surface area contributed by atoms with Crippen LogP contribution in [0.15, 0.2) is 18.2 Å². The van der Waals surface area contributed by atoms with E-state index in [9.17, 15) is 9.90 Å². The van der Waals surface area contributed by atoms with Crippen molar-refractivity contribution in [3.63, 3.8) is 0 Å². The molecule has 0 aromatic heterocycles. The van der Waals surface area contributed by atoms with Crippen molar-refractivity contribution in [1.29, 1.82) is 0 Å². The lowest BCUT2D eigenvalue weighted by atomic mass is 10.1. The number of aldehydes is 1. The zero-order chi connectivity index (χ0) is 12.3. The first kappa shape index (κ1) is 12.1. The van der Waals surface area contributed by atoms with Gasteiger partial charge in [0.05, 0.1) is 25.9 Å². The van der Waals surface area contributed by atoms with Crippen molar-refractivity contribution in [2.45, 2.75) is 13.0 Å². The van der Waals surface area contributed by atoms with Crippen LogP contribution in [-0.2, 0) is 4.74 Å². The van der Waals surface area contributed by atoms with Gasteiger partial charge in [-0.2, -0.15) is 0 Å². The summed E-state index contributed by atoms with van der Waals surface area (Å²) in [7, 11) is 0. The van der Waals surface area contributed by atoms with Crippen LogP contribution in [0, 0.1) is 6.92 Å². The zero-order valence-electron chi connectivity index (χ0n) is 9.93. The molecule has 1 aliphatic heterocycles. The molecule has 2 rings (SSSR count). The number of carbonyl (C=O) groups excluding carboxylic acids is 1. The van der Waals surface area contributed by atoms with Gasteiger partial charge in [0.25, 0.3) is 0 Å². The molecule has 0 spiro atoms. The van der Waals surface area contributed by atoms with Gasteiger partial charge in [0.1, 0.15) is 6.29 Å². The maximum absolute atomic E-state index is 10.7. The molecule has 1 aliphatic rings. The van der Waals surface area contributed by atoms with E-state index in [0.717, 1.165) is 24.1 Å². The van der Waals surface area contributed by atoms with Gasteiger partial charge < -0.3 is 14.7 Å². The molecule has 1 unspecified atom stereocenters. The number of aryl methyl sites for hydroxylation is 1. The van der Waals surface area contributed by atoms with Crippen LogP contribution in [0.25, 0.3) is 0 Å². The Morgan fingerprint density at radius 1 is 1.59 bits per heavy atom. The highest BCUT2D eigenvalue weighted by Crippen LogP contribution is 2.24. The molecule has 17 heavy (non-hydrogen) atoms. The van der Waals surface area contributed by atoms with Gasteiger partial charge in [0, 0.05) is 17.8 Å². The molecule has 1 saturated heterocycles. The molecule has 1 heterocycles. The molecule has 1 aromatic carbocycles. The number of nitrogens with zero attached hydrogens (tertiary/aromatic N) is 1. The van der Waals surface area contributed by atoms with E-state index in [0.29, 0.717) is 18.8 Å². The van der Waals surface area contributed by atoms with E-state index in [-0.39, 0.29) is 12.6 Å². The van der Waals surface area contributed by atoms with E-state index in [4.69, 9.17) is 4.74 Å². The van der Waals surface area contributed by atoms with Gasteiger partial charge in [-0.15, -0.1) is 0 Å². The summed E-state index contributed by atoms with van der Waals surface area (Å²) >= 11 is 0. The van der Waals surface area contributed by atoms with Crippen molar-refractivity contribution in [2.75, 3.05) is 31.3 Å². The van der Waals surface area contributed by atoms with Crippen LogP contribution in [0.1, 0.15) is 15.9 Å². The standard InChI is InChI=1S/C13H17NO3/c1-10-6-11(7-15)2-3-13(10)14-4-5-17-9-12(14)8-16/h2-3,6-7,12,16H,4-5,8-9H2,1H3. The molecule has 1 N–H and O–H groups in total. The topological polar surface area (TPSA) is 49.8 Å². The lowest BCUT2D eigenvalue weighted by Crippen LogP contribution is -2.47. The van der Waals surface area contributed by atoms with Crippen molar-refractivity contribution in [2.24, 2.45) is 0 Å². The zero-order valence-corrected chi connectivity index (χ0v) is 9.93. The molecule has 0 amide bonds. The lowest BCUT2D eigenvalue weighted by Gasteiger charge is -2.37. The maximum Gasteiger partial charge on any atom is 0.150 e. The molecule has 1 atom stereocenters. The number of rotatable bonds is 3. The molecular weight excluding hydrogens is 218 g/mol. The number of aliphatic hydroxyl groups is 1. The Labute approximate surface area is 101 Å². The number of hydrogen-bond acceptors (Lipinski definition) is 4. The third-order valence-corrected chi connectivity index (χ3v) is 3.10. The largest absolute Gasteiger partial charge is 0.394 e. The first-order valence-corrected chi connectivity index (χ1v) is 5.77. The van der Waals surface area contributed by atoms with Crippen molar-refractivity contribution in [1.82, 2.24) is 0 Å². The second-order valence-electron chi connectivity index (χ2n) is 4.27. The smallest absolute Gasteiger partial charge is 0.150 e. The molecule has 0 radical (unpaired) electrons. The fraction of sp³-hybridized carbons (Fsp3) is 0.462. The highest BCUT2D eigenvalue weighted by molar-refractivity contribution is 5.77. The van der Waals surface area contributed by atoms with Gasteiger partial charge in [-0.05, 0) is 30.7 Å². The number of benzene rings is 1. The SMILES string of the molecule is Cc1cc(C=O)ccc1N1CCOCC1CO. The minimum absolute atomic E-state index is 0.00420. The first-order chi connectivity index (χ1) is 8.26. The summed E-state index contributed by atoms with van der Waals surface area (Å²) < 4.78 is 5.35. The highest BCUT2D eigenvalue weighted by atomic mass is 16.5. The molecule has 4 heteroatoms. The van der Waals surface area contributed by atoms with E-state index in [2.05, 4.69) is 4.90 Å². The quantitative estimate of drug-likeness (QED) is 0.794. The predicted molar refractivity (Wildman–Crippen MR) is 65.6 cm³/mol. The summed E-state index contributed by atoms with van der Waals surface area (Å²) in [6, 6.07) is 5.61. The summed E-state index contributed by atoms with van der Waals surface area (Å²) in [5, 5.41) is 9.34. The van der Waals surface area contributed by atoms with Crippen molar-refractivity contribution < 1.29 is 14.6 Å². The van der Waals surface area contributed by atoms with E-state index in [1.165, 1.54) is 0 Å². The Morgan fingerprint density at radius 2 is 2.41 bits per heavy atom. The maximum atomic E-state index is 10.7. The van der Waals surface area contributed by atoms with Crippen LogP contribution in [0.3, 0.4) is 0 Å². The van der Waals surface area contributed by atoms with Crippen molar-refractivity contribution >= 4 is 12.0 Å². The number of anilines is 1. The molecule has 4 nitrogen and oxygen atoms in total. The first-order valence-electron chi connectivity index (χ1n) is 5.77. The van der Waals surface area contributed by atoms with Gasteiger partial charge in [0.15, 0.2) is 0 Å². The van der Waals surface area contributed by atoms with E-state index >= 15 is 0 Å². The summed E-state index contributed by atoms with van der Waals surface area (Å²) in [5.74, 6) is 0. The van der Waals surface area contributed by atoms with Gasteiger partial charge in [0.2, 0.25) is 0 Å². The Balaban J connectivity index is 2.28. The number of carbonyl (C=O) groups is 1. The number of morpholine rings is 1. The van der Waals surface area contributed by atoms with Gasteiger partial charge in [-0.1, -0.05) is 0 Å².